The summed E-state index contributed by atoms with van der Waals surface area (Å²) in [5.41, 5.74) is 1.03. The van der Waals surface area contributed by atoms with E-state index < -0.39 is 10.0 Å². The summed E-state index contributed by atoms with van der Waals surface area (Å²) < 4.78 is 28.2. The molecule has 4 rings (SSSR count). The third kappa shape index (κ3) is 5.47. The van der Waals surface area contributed by atoms with Crippen molar-refractivity contribution in [2.75, 3.05) is 31.1 Å². The van der Waals surface area contributed by atoms with Crippen LogP contribution in [0, 0.1) is 0 Å². The number of halogens is 1. The van der Waals surface area contributed by atoms with Crippen LogP contribution < -0.4 is 10.2 Å². The zero-order valence-electron chi connectivity index (χ0n) is 18.1. The second kappa shape index (κ2) is 10.5. The molecule has 0 unspecified atom stereocenters. The topological polar surface area (TPSA) is 69.7 Å². The summed E-state index contributed by atoms with van der Waals surface area (Å²) in [6.07, 6.45) is 7.81. The number of piperazine rings is 1. The van der Waals surface area contributed by atoms with Gasteiger partial charge in [0.2, 0.25) is 10.0 Å². The van der Waals surface area contributed by atoms with E-state index in [0.717, 1.165) is 31.4 Å². The van der Waals surface area contributed by atoms with Crippen molar-refractivity contribution < 1.29 is 13.2 Å². The minimum absolute atomic E-state index is 0.128. The first-order valence-electron chi connectivity index (χ1n) is 11.3. The van der Waals surface area contributed by atoms with Crippen molar-refractivity contribution in [2.45, 2.75) is 55.9 Å². The number of nitrogens with one attached hydrogen (secondary N) is 1. The Morgan fingerprint density at radius 2 is 1.56 bits per heavy atom. The molecule has 1 saturated heterocycles. The van der Waals surface area contributed by atoms with E-state index in [4.69, 9.17) is 11.6 Å². The first kappa shape index (κ1) is 23.5. The highest BCUT2D eigenvalue weighted by Crippen LogP contribution is 2.28. The average Bonchev–Trinajstić information content (AvgIpc) is 3.27. The van der Waals surface area contributed by atoms with Crippen molar-refractivity contribution in [3.63, 3.8) is 0 Å². The number of hydrogen-bond donors (Lipinski definition) is 1. The standard InChI is InChI=1S/C23H30ClN3O3S2/c24-18-8-10-20(11-9-18)26-13-15-27(16-14-26)32(29,30)21-12-17-31-22(21)23(28)25-19-6-4-2-1-3-5-7-19/h8-12,17,19H,1-7,13-16H2,(H,25,28). The Morgan fingerprint density at radius 1 is 0.938 bits per heavy atom. The van der Waals surface area contributed by atoms with Gasteiger partial charge in [0, 0.05) is 42.9 Å². The SMILES string of the molecule is O=C(NC1CCCCCCC1)c1sccc1S(=O)(=O)N1CCN(c2ccc(Cl)cc2)CC1. The first-order chi connectivity index (χ1) is 15.4. The van der Waals surface area contributed by atoms with Gasteiger partial charge in [-0.15, -0.1) is 11.3 Å². The van der Waals surface area contributed by atoms with E-state index >= 15 is 0 Å². The fraction of sp³-hybridized carbons (Fsp3) is 0.522. The molecular weight excluding hydrogens is 466 g/mol. The predicted octanol–water partition coefficient (Wildman–Crippen LogP) is 4.76. The number of anilines is 1. The maximum atomic E-state index is 13.4. The number of rotatable bonds is 5. The second-order valence-electron chi connectivity index (χ2n) is 8.50. The predicted molar refractivity (Wildman–Crippen MR) is 130 cm³/mol. The molecule has 1 aromatic carbocycles. The zero-order chi connectivity index (χ0) is 22.6. The van der Waals surface area contributed by atoms with Gasteiger partial charge < -0.3 is 10.2 Å². The van der Waals surface area contributed by atoms with Crippen LogP contribution in [-0.4, -0.2) is 50.9 Å². The van der Waals surface area contributed by atoms with Crippen molar-refractivity contribution in [2.24, 2.45) is 0 Å². The molecule has 1 N–H and O–H groups in total. The smallest absolute Gasteiger partial charge is 0.262 e. The Hall–Kier alpha value is -1.61. The molecule has 9 heteroatoms. The minimum atomic E-state index is -3.73. The zero-order valence-corrected chi connectivity index (χ0v) is 20.5. The molecule has 1 aliphatic carbocycles. The van der Waals surface area contributed by atoms with Crippen LogP contribution in [0.2, 0.25) is 5.02 Å². The largest absolute Gasteiger partial charge is 0.369 e. The molecular formula is C23H30ClN3O3S2. The van der Waals surface area contributed by atoms with Crippen LogP contribution in [0.3, 0.4) is 0 Å². The number of sulfonamides is 1. The molecule has 1 aromatic heterocycles. The van der Waals surface area contributed by atoms with E-state index in [1.165, 1.54) is 34.9 Å². The molecule has 2 heterocycles. The van der Waals surface area contributed by atoms with Gasteiger partial charge in [-0.05, 0) is 48.6 Å². The lowest BCUT2D eigenvalue weighted by molar-refractivity contribution is 0.0931. The van der Waals surface area contributed by atoms with Crippen LogP contribution in [0.15, 0.2) is 40.6 Å². The Labute approximate surface area is 199 Å². The Kier molecular flexibility index (Phi) is 7.76. The van der Waals surface area contributed by atoms with Gasteiger partial charge in [0.05, 0.1) is 0 Å². The van der Waals surface area contributed by atoms with Crippen molar-refractivity contribution in [3.05, 3.63) is 45.6 Å². The van der Waals surface area contributed by atoms with Gasteiger partial charge in [0.1, 0.15) is 9.77 Å². The van der Waals surface area contributed by atoms with Crippen LogP contribution in [0.25, 0.3) is 0 Å². The molecule has 174 valence electrons. The van der Waals surface area contributed by atoms with Gasteiger partial charge in [0.15, 0.2) is 0 Å². The minimum Gasteiger partial charge on any atom is -0.369 e. The van der Waals surface area contributed by atoms with E-state index in [9.17, 15) is 13.2 Å². The van der Waals surface area contributed by atoms with E-state index in [1.54, 1.807) is 11.4 Å². The fourth-order valence-corrected chi connectivity index (χ4v) is 7.35. The molecule has 2 aliphatic rings. The van der Waals surface area contributed by atoms with Crippen LogP contribution in [-0.2, 0) is 10.0 Å². The first-order valence-corrected chi connectivity index (χ1v) is 14.0. The van der Waals surface area contributed by atoms with Gasteiger partial charge in [-0.2, -0.15) is 4.31 Å². The quantitative estimate of drug-likeness (QED) is 0.649. The molecule has 0 radical (unpaired) electrons. The molecule has 2 aromatic rings. The average molecular weight is 496 g/mol. The lowest BCUT2D eigenvalue weighted by atomic mass is 9.97. The summed E-state index contributed by atoms with van der Waals surface area (Å²) in [4.78, 5) is 15.6. The van der Waals surface area contributed by atoms with E-state index in [2.05, 4.69) is 10.2 Å². The van der Waals surface area contributed by atoms with Gasteiger partial charge in [-0.3, -0.25) is 4.79 Å². The summed E-state index contributed by atoms with van der Waals surface area (Å²) in [5, 5.41) is 5.48. The maximum Gasteiger partial charge on any atom is 0.262 e. The lowest BCUT2D eigenvalue weighted by Crippen LogP contribution is -2.49. The molecule has 6 nitrogen and oxygen atoms in total. The van der Waals surface area contributed by atoms with Gasteiger partial charge >= 0.3 is 0 Å². The Morgan fingerprint density at radius 3 is 2.22 bits per heavy atom. The van der Waals surface area contributed by atoms with Crippen molar-refractivity contribution >= 4 is 44.6 Å². The van der Waals surface area contributed by atoms with E-state index in [0.29, 0.717) is 36.1 Å². The summed E-state index contributed by atoms with van der Waals surface area (Å²) in [6, 6.07) is 9.27. The number of thiophene rings is 1. The maximum absolute atomic E-state index is 13.4. The van der Waals surface area contributed by atoms with Gasteiger partial charge in [-0.1, -0.05) is 43.7 Å². The highest BCUT2D eigenvalue weighted by Gasteiger charge is 2.33. The van der Waals surface area contributed by atoms with E-state index in [-0.39, 0.29) is 16.8 Å². The second-order valence-corrected chi connectivity index (χ2v) is 11.8. The summed E-state index contributed by atoms with van der Waals surface area (Å²) in [6.45, 7) is 1.94. The van der Waals surface area contributed by atoms with Gasteiger partial charge in [-0.25, -0.2) is 8.42 Å². The number of carbonyl (C=O) groups excluding carboxylic acids is 1. The van der Waals surface area contributed by atoms with Crippen LogP contribution in [0.4, 0.5) is 5.69 Å². The summed E-state index contributed by atoms with van der Waals surface area (Å²) >= 11 is 7.17. The number of hydrogen-bond acceptors (Lipinski definition) is 5. The molecule has 0 bridgehead atoms. The normalized spacial score (nSPS) is 19.3. The number of amides is 1. The van der Waals surface area contributed by atoms with Crippen LogP contribution >= 0.6 is 22.9 Å². The van der Waals surface area contributed by atoms with Crippen molar-refractivity contribution in [3.8, 4) is 0 Å². The van der Waals surface area contributed by atoms with Crippen molar-refractivity contribution in [1.82, 2.24) is 9.62 Å². The highest BCUT2D eigenvalue weighted by atomic mass is 35.5. The molecule has 0 spiro atoms. The van der Waals surface area contributed by atoms with E-state index in [1.807, 2.05) is 24.3 Å². The van der Waals surface area contributed by atoms with Crippen molar-refractivity contribution in [1.29, 1.82) is 0 Å². The monoisotopic (exact) mass is 495 g/mol. The summed E-state index contributed by atoms with van der Waals surface area (Å²) in [7, 11) is -3.73. The Balaban J connectivity index is 1.42. The molecule has 1 aliphatic heterocycles. The number of benzene rings is 1. The number of carbonyl (C=O) groups is 1. The Bertz CT molecular complexity index is 1010. The molecule has 0 atom stereocenters. The van der Waals surface area contributed by atoms with Gasteiger partial charge in [0.25, 0.3) is 5.91 Å². The molecule has 32 heavy (non-hydrogen) atoms. The summed E-state index contributed by atoms with van der Waals surface area (Å²) in [5.74, 6) is -0.260. The molecule has 2 fully saturated rings. The molecule has 1 amide bonds. The third-order valence-corrected chi connectivity index (χ3v) is 9.56. The highest BCUT2D eigenvalue weighted by molar-refractivity contribution is 7.89. The fourth-order valence-electron chi connectivity index (χ4n) is 4.50. The number of nitrogens with zero attached hydrogens (tertiary/aromatic N) is 2. The molecule has 1 saturated carbocycles. The van der Waals surface area contributed by atoms with Crippen LogP contribution in [0.5, 0.6) is 0 Å². The third-order valence-electron chi connectivity index (χ3n) is 6.32. The lowest BCUT2D eigenvalue weighted by Gasteiger charge is -2.35. The van der Waals surface area contributed by atoms with Crippen LogP contribution in [0.1, 0.15) is 54.6 Å².